The fourth-order valence-electron chi connectivity index (χ4n) is 5.48. The fraction of sp³-hybridized carbons (Fsp3) is 0.917. The lowest BCUT2D eigenvalue weighted by Crippen LogP contribution is -2.36. The third kappa shape index (κ3) is 7.75. The van der Waals surface area contributed by atoms with E-state index in [1.807, 2.05) is 0 Å². The maximum absolute atomic E-state index is 12.1. The Labute approximate surface area is 172 Å². The van der Waals surface area contributed by atoms with Gasteiger partial charge in [0.1, 0.15) is 0 Å². The van der Waals surface area contributed by atoms with Crippen LogP contribution in [0.2, 0.25) is 0 Å². The molecule has 0 aromatic rings. The maximum Gasteiger partial charge on any atom is 0.220 e. The van der Waals surface area contributed by atoms with Gasteiger partial charge < -0.3 is 10.2 Å². The smallest absolute Gasteiger partial charge is 0.220 e. The molecule has 1 amide bonds. The van der Waals surface area contributed by atoms with Gasteiger partial charge in [-0.1, -0.05) is 70.6 Å². The first-order valence-electron chi connectivity index (χ1n) is 12.4. The Bertz CT molecular complexity index is 478. The van der Waals surface area contributed by atoms with Gasteiger partial charge in [-0.05, 0) is 31.1 Å². The summed E-state index contributed by atoms with van der Waals surface area (Å²) in [5, 5.41) is 3.14. The molecule has 0 aromatic heterocycles. The van der Waals surface area contributed by atoms with Crippen molar-refractivity contribution in [2.24, 2.45) is 16.8 Å². The summed E-state index contributed by atoms with van der Waals surface area (Å²) in [6.45, 7) is 3.67. The molecule has 3 aliphatic rings. The molecule has 4 nitrogen and oxygen atoms in total. The van der Waals surface area contributed by atoms with Crippen LogP contribution in [0.4, 0.5) is 0 Å². The van der Waals surface area contributed by atoms with Gasteiger partial charge in [0.05, 0.1) is 12.4 Å². The predicted octanol–water partition coefficient (Wildman–Crippen LogP) is 5.32. The van der Waals surface area contributed by atoms with E-state index in [1.165, 1.54) is 89.3 Å². The number of hydrogen-bond donors (Lipinski definition) is 1. The highest BCUT2D eigenvalue weighted by atomic mass is 16.1. The number of aliphatic imine (C=N–C) groups is 1. The Morgan fingerprint density at radius 2 is 1.57 bits per heavy atom. The molecule has 2 saturated carbocycles. The van der Waals surface area contributed by atoms with Gasteiger partial charge in [-0.2, -0.15) is 0 Å². The molecule has 1 aliphatic heterocycles. The van der Waals surface area contributed by atoms with Crippen molar-refractivity contribution >= 4 is 11.7 Å². The zero-order valence-electron chi connectivity index (χ0n) is 18.1. The first-order chi connectivity index (χ1) is 13.8. The largest absolute Gasteiger partial charge is 0.357 e. The van der Waals surface area contributed by atoms with Crippen LogP contribution in [0.15, 0.2) is 4.99 Å². The Morgan fingerprint density at radius 1 is 0.929 bits per heavy atom. The van der Waals surface area contributed by atoms with E-state index in [0.29, 0.717) is 6.42 Å². The normalized spacial score (nSPS) is 21.7. The standard InChI is InChI=1S/C24H43N3O/c28-24(16-8-14-22-11-5-2-6-12-22)26-18-20-27-19-17-25-23(27)15-7-13-21-9-3-1-4-10-21/h21-22H,1-20H2,(H,26,28). The molecule has 0 aromatic carbocycles. The van der Waals surface area contributed by atoms with Crippen LogP contribution in [0.3, 0.4) is 0 Å². The summed E-state index contributed by atoms with van der Waals surface area (Å²) in [6, 6.07) is 0. The van der Waals surface area contributed by atoms with Gasteiger partial charge in [0.2, 0.25) is 5.91 Å². The second-order valence-corrected chi connectivity index (χ2v) is 9.43. The molecule has 0 bridgehead atoms. The van der Waals surface area contributed by atoms with Crippen LogP contribution in [0.25, 0.3) is 0 Å². The Kier molecular flexibility index (Phi) is 9.66. The molecule has 28 heavy (non-hydrogen) atoms. The minimum absolute atomic E-state index is 0.241. The number of amidine groups is 1. The van der Waals surface area contributed by atoms with Crippen molar-refractivity contribution in [2.45, 2.75) is 103 Å². The molecule has 2 fully saturated rings. The zero-order chi connectivity index (χ0) is 19.4. The van der Waals surface area contributed by atoms with Gasteiger partial charge in [-0.25, -0.2) is 0 Å². The van der Waals surface area contributed by atoms with Crippen molar-refractivity contribution in [1.29, 1.82) is 0 Å². The highest BCUT2D eigenvalue weighted by Crippen LogP contribution is 2.28. The Balaban J connectivity index is 1.22. The number of carbonyl (C=O) groups is 1. The SMILES string of the molecule is O=C(CCCC1CCCCC1)NCCN1CCN=C1CCCC1CCCCC1. The number of rotatable bonds is 11. The van der Waals surface area contributed by atoms with Crippen LogP contribution >= 0.6 is 0 Å². The van der Waals surface area contributed by atoms with E-state index < -0.39 is 0 Å². The fourth-order valence-corrected chi connectivity index (χ4v) is 5.48. The van der Waals surface area contributed by atoms with E-state index in [9.17, 15) is 4.79 Å². The molecule has 160 valence electrons. The lowest BCUT2D eigenvalue weighted by molar-refractivity contribution is -0.121. The van der Waals surface area contributed by atoms with Gasteiger partial charge in [-0.3, -0.25) is 9.79 Å². The molecule has 0 spiro atoms. The molecule has 1 N–H and O–H groups in total. The van der Waals surface area contributed by atoms with Crippen molar-refractivity contribution in [3.05, 3.63) is 0 Å². The summed E-state index contributed by atoms with van der Waals surface area (Å²) >= 11 is 0. The van der Waals surface area contributed by atoms with E-state index in [1.54, 1.807) is 0 Å². The second kappa shape index (κ2) is 12.5. The number of hydrogen-bond acceptors (Lipinski definition) is 3. The van der Waals surface area contributed by atoms with Crippen LogP contribution in [0.5, 0.6) is 0 Å². The van der Waals surface area contributed by atoms with Crippen LogP contribution in [-0.2, 0) is 4.79 Å². The van der Waals surface area contributed by atoms with E-state index >= 15 is 0 Å². The molecule has 4 heteroatoms. The third-order valence-electron chi connectivity index (χ3n) is 7.21. The second-order valence-electron chi connectivity index (χ2n) is 9.43. The number of carbonyl (C=O) groups excluding carboxylic acids is 1. The topological polar surface area (TPSA) is 44.7 Å². The van der Waals surface area contributed by atoms with Gasteiger partial charge >= 0.3 is 0 Å². The molecule has 0 atom stereocenters. The first-order valence-corrected chi connectivity index (χ1v) is 12.4. The quantitative estimate of drug-likeness (QED) is 0.520. The van der Waals surface area contributed by atoms with Crippen molar-refractivity contribution in [3.63, 3.8) is 0 Å². The van der Waals surface area contributed by atoms with Gasteiger partial charge in [0.15, 0.2) is 0 Å². The van der Waals surface area contributed by atoms with Crippen molar-refractivity contribution in [3.8, 4) is 0 Å². The van der Waals surface area contributed by atoms with E-state index in [-0.39, 0.29) is 5.91 Å². The highest BCUT2D eigenvalue weighted by molar-refractivity contribution is 5.83. The predicted molar refractivity (Wildman–Crippen MR) is 118 cm³/mol. The van der Waals surface area contributed by atoms with Crippen LogP contribution in [0.1, 0.15) is 103 Å². The van der Waals surface area contributed by atoms with E-state index in [0.717, 1.165) is 50.9 Å². The number of nitrogens with one attached hydrogen (secondary N) is 1. The summed E-state index contributed by atoms with van der Waals surface area (Å²) in [5.74, 6) is 3.39. The summed E-state index contributed by atoms with van der Waals surface area (Å²) in [6.07, 6.45) is 21.0. The number of amides is 1. The highest BCUT2D eigenvalue weighted by Gasteiger charge is 2.18. The Morgan fingerprint density at radius 3 is 2.25 bits per heavy atom. The molecule has 0 unspecified atom stereocenters. The van der Waals surface area contributed by atoms with Crippen molar-refractivity contribution in [1.82, 2.24) is 10.2 Å². The molecule has 3 rings (SSSR count). The van der Waals surface area contributed by atoms with Gasteiger partial charge in [-0.15, -0.1) is 0 Å². The third-order valence-corrected chi connectivity index (χ3v) is 7.21. The van der Waals surface area contributed by atoms with Crippen LogP contribution < -0.4 is 5.32 Å². The average Bonchev–Trinajstić information content (AvgIpc) is 3.17. The van der Waals surface area contributed by atoms with Crippen LogP contribution in [0, 0.1) is 11.8 Å². The van der Waals surface area contributed by atoms with E-state index in [4.69, 9.17) is 4.99 Å². The average molecular weight is 390 g/mol. The molecule has 1 heterocycles. The lowest BCUT2D eigenvalue weighted by Gasteiger charge is -2.23. The molecule has 2 aliphatic carbocycles. The summed E-state index contributed by atoms with van der Waals surface area (Å²) in [5.41, 5.74) is 0. The van der Waals surface area contributed by atoms with Crippen molar-refractivity contribution in [2.75, 3.05) is 26.2 Å². The van der Waals surface area contributed by atoms with Crippen LogP contribution in [-0.4, -0.2) is 42.8 Å². The minimum Gasteiger partial charge on any atom is -0.357 e. The Hall–Kier alpha value is -1.06. The molecular weight excluding hydrogens is 346 g/mol. The summed E-state index contributed by atoms with van der Waals surface area (Å²) in [7, 11) is 0. The molecule has 0 saturated heterocycles. The molecular formula is C24H43N3O. The summed E-state index contributed by atoms with van der Waals surface area (Å²) in [4.78, 5) is 19.3. The van der Waals surface area contributed by atoms with Crippen molar-refractivity contribution < 1.29 is 4.79 Å². The van der Waals surface area contributed by atoms with Gasteiger partial charge in [0.25, 0.3) is 0 Å². The van der Waals surface area contributed by atoms with Gasteiger partial charge in [0, 0.05) is 32.5 Å². The molecule has 0 radical (unpaired) electrons. The number of nitrogens with zero attached hydrogens (tertiary/aromatic N) is 2. The minimum atomic E-state index is 0.241. The van der Waals surface area contributed by atoms with E-state index in [2.05, 4.69) is 10.2 Å². The zero-order valence-corrected chi connectivity index (χ0v) is 18.1. The first kappa shape index (κ1) is 21.6. The summed E-state index contributed by atoms with van der Waals surface area (Å²) < 4.78 is 0. The monoisotopic (exact) mass is 389 g/mol. The lowest BCUT2D eigenvalue weighted by atomic mass is 9.86. The maximum atomic E-state index is 12.1.